The van der Waals surface area contributed by atoms with E-state index in [4.69, 9.17) is 16.3 Å². The smallest absolute Gasteiger partial charge is 0.317 e. The van der Waals surface area contributed by atoms with E-state index in [1.165, 1.54) is 0 Å². The largest absolute Gasteiger partial charge is 0.376 e. The van der Waals surface area contributed by atoms with E-state index in [9.17, 15) is 4.79 Å². The number of nitrogens with zero attached hydrogens (tertiary/aromatic N) is 2. The second-order valence-electron chi connectivity index (χ2n) is 6.24. The van der Waals surface area contributed by atoms with Crippen LogP contribution in [0.15, 0.2) is 24.3 Å². The lowest BCUT2D eigenvalue weighted by molar-refractivity contribution is 0.0831. The molecule has 2 heterocycles. The molecule has 2 fully saturated rings. The molecule has 0 aliphatic carbocycles. The van der Waals surface area contributed by atoms with Crippen molar-refractivity contribution < 1.29 is 9.53 Å². The van der Waals surface area contributed by atoms with Gasteiger partial charge in [0.2, 0.25) is 0 Å². The van der Waals surface area contributed by atoms with Gasteiger partial charge in [-0.1, -0.05) is 17.7 Å². The maximum atomic E-state index is 12.4. The molecule has 5 nitrogen and oxygen atoms in total. The molecular formula is C17H24ClN3O2. The number of rotatable bonds is 3. The molecule has 2 atom stereocenters. The van der Waals surface area contributed by atoms with Crippen molar-refractivity contribution in [3.05, 3.63) is 29.3 Å². The summed E-state index contributed by atoms with van der Waals surface area (Å²) in [5.74, 6) is 0. The number of ether oxygens (including phenoxy) is 1. The summed E-state index contributed by atoms with van der Waals surface area (Å²) in [7, 11) is 0. The van der Waals surface area contributed by atoms with Gasteiger partial charge in [0.1, 0.15) is 0 Å². The number of carbonyl (C=O) groups is 1. The quantitative estimate of drug-likeness (QED) is 0.922. The minimum Gasteiger partial charge on any atom is -0.376 e. The van der Waals surface area contributed by atoms with Crippen LogP contribution in [0.3, 0.4) is 0 Å². The number of nitrogens with one attached hydrogen (secondary N) is 1. The molecule has 0 spiro atoms. The summed E-state index contributed by atoms with van der Waals surface area (Å²) in [6, 6.07) is 7.94. The number of piperazine rings is 1. The number of amides is 2. The zero-order valence-electron chi connectivity index (χ0n) is 13.5. The first kappa shape index (κ1) is 16.4. The summed E-state index contributed by atoms with van der Waals surface area (Å²) < 4.78 is 5.64. The standard InChI is InChI=1S/C17H24ClN3O2/c1-13(16-6-3-11-23-16)19-17(22)21-9-7-20(8-10-21)15-5-2-4-14(18)12-15/h2,4-5,12-13,16H,3,6-11H2,1H3,(H,19,22). The Hall–Kier alpha value is -1.46. The second kappa shape index (κ2) is 7.41. The first-order valence-electron chi connectivity index (χ1n) is 8.31. The van der Waals surface area contributed by atoms with E-state index >= 15 is 0 Å². The molecule has 0 bridgehead atoms. The average molecular weight is 338 g/mol. The Morgan fingerprint density at radius 1 is 1.35 bits per heavy atom. The van der Waals surface area contributed by atoms with Gasteiger partial charge in [-0.15, -0.1) is 0 Å². The van der Waals surface area contributed by atoms with Crippen molar-refractivity contribution in [2.24, 2.45) is 0 Å². The van der Waals surface area contributed by atoms with Gasteiger partial charge in [0.05, 0.1) is 12.1 Å². The maximum Gasteiger partial charge on any atom is 0.317 e. The van der Waals surface area contributed by atoms with Gasteiger partial charge < -0.3 is 19.9 Å². The van der Waals surface area contributed by atoms with E-state index in [0.717, 1.165) is 56.3 Å². The Balaban J connectivity index is 1.49. The Bertz CT molecular complexity index is 540. The molecule has 2 unspecified atom stereocenters. The summed E-state index contributed by atoms with van der Waals surface area (Å²) in [5.41, 5.74) is 1.12. The minimum absolute atomic E-state index is 0.0127. The van der Waals surface area contributed by atoms with Gasteiger partial charge in [-0.05, 0) is 38.0 Å². The van der Waals surface area contributed by atoms with Crippen LogP contribution in [-0.2, 0) is 4.74 Å². The zero-order valence-corrected chi connectivity index (χ0v) is 14.3. The van der Waals surface area contributed by atoms with Gasteiger partial charge in [-0.3, -0.25) is 0 Å². The molecule has 1 aromatic rings. The van der Waals surface area contributed by atoms with Crippen LogP contribution < -0.4 is 10.2 Å². The topological polar surface area (TPSA) is 44.8 Å². The summed E-state index contributed by atoms with van der Waals surface area (Å²) in [6.45, 7) is 5.91. The number of anilines is 1. The molecule has 2 aliphatic heterocycles. The highest BCUT2D eigenvalue weighted by molar-refractivity contribution is 6.30. The molecule has 1 N–H and O–H groups in total. The summed E-state index contributed by atoms with van der Waals surface area (Å²) in [6.07, 6.45) is 2.28. The second-order valence-corrected chi connectivity index (χ2v) is 6.68. The molecule has 126 valence electrons. The van der Waals surface area contributed by atoms with Gasteiger partial charge in [0, 0.05) is 43.5 Å². The normalized spacial score (nSPS) is 23.0. The van der Waals surface area contributed by atoms with E-state index in [1.807, 2.05) is 30.0 Å². The first-order chi connectivity index (χ1) is 11.1. The molecule has 0 saturated carbocycles. The Labute approximate surface area is 142 Å². The van der Waals surface area contributed by atoms with Crippen LogP contribution in [0.25, 0.3) is 0 Å². The average Bonchev–Trinajstić information content (AvgIpc) is 3.09. The van der Waals surface area contributed by atoms with Crippen molar-refractivity contribution in [2.75, 3.05) is 37.7 Å². The fourth-order valence-electron chi connectivity index (χ4n) is 3.22. The zero-order chi connectivity index (χ0) is 16.2. The van der Waals surface area contributed by atoms with Crippen molar-refractivity contribution in [1.82, 2.24) is 10.2 Å². The van der Waals surface area contributed by atoms with Crippen molar-refractivity contribution in [3.8, 4) is 0 Å². The minimum atomic E-state index is 0.0127. The van der Waals surface area contributed by atoms with E-state index < -0.39 is 0 Å². The predicted octanol–water partition coefficient (Wildman–Crippen LogP) is 2.74. The molecule has 6 heteroatoms. The summed E-state index contributed by atoms with van der Waals surface area (Å²) in [4.78, 5) is 16.5. The van der Waals surface area contributed by atoms with Crippen LogP contribution in [0.1, 0.15) is 19.8 Å². The van der Waals surface area contributed by atoms with Crippen LogP contribution in [0, 0.1) is 0 Å². The summed E-state index contributed by atoms with van der Waals surface area (Å²) in [5, 5.41) is 3.82. The maximum absolute atomic E-state index is 12.4. The monoisotopic (exact) mass is 337 g/mol. The molecule has 2 aliphatic rings. The SMILES string of the molecule is CC(NC(=O)N1CCN(c2cccc(Cl)c2)CC1)C1CCCO1. The first-order valence-corrected chi connectivity index (χ1v) is 8.69. The van der Waals surface area contributed by atoms with Gasteiger partial charge >= 0.3 is 6.03 Å². The van der Waals surface area contributed by atoms with Crippen molar-refractivity contribution in [1.29, 1.82) is 0 Å². The van der Waals surface area contributed by atoms with Gasteiger partial charge in [0.25, 0.3) is 0 Å². The highest BCUT2D eigenvalue weighted by Gasteiger charge is 2.27. The molecule has 1 aromatic carbocycles. The Morgan fingerprint density at radius 2 is 2.13 bits per heavy atom. The number of benzene rings is 1. The molecule has 0 radical (unpaired) electrons. The van der Waals surface area contributed by atoms with E-state index in [-0.39, 0.29) is 18.2 Å². The van der Waals surface area contributed by atoms with E-state index in [1.54, 1.807) is 0 Å². The van der Waals surface area contributed by atoms with E-state index in [2.05, 4.69) is 16.3 Å². The third-order valence-electron chi connectivity index (χ3n) is 4.61. The predicted molar refractivity (Wildman–Crippen MR) is 92.2 cm³/mol. The van der Waals surface area contributed by atoms with Gasteiger partial charge in [-0.2, -0.15) is 0 Å². The number of hydrogen-bond donors (Lipinski definition) is 1. The molecule has 0 aromatic heterocycles. The lowest BCUT2D eigenvalue weighted by Gasteiger charge is -2.37. The molecule has 2 saturated heterocycles. The van der Waals surface area contributed by atoms with Crippen LogP contribution in [0.2, 0.25) is 5.02 Å². The molecule has 3 rings (SSSR count). The third kappa shape index (κ3) is 4.09. The van der Waals surface area contributed by atoms with Crippen LogP contribution in [-0.4, -0.2) is 55.9 Å². The number of hydrogen-bond acceptors (Lipinski definition) is 3. The Kier molecular flexibility index (Phi) is 5.28. The fraction of sp³-hybridized carbons (Fsp3) is 0.588. The Morgan fingerprint density at radius 3 is 2.78 bits per heavy atom. The number of halogens is 1. The number of urea groups is 1. The lowest BCUT2D eigenvalue weighted by atomic mass is 10.1. The number of carbonyl (C=O) groups excluding carboxylic acids is 1. The highest BCUT2D eigenvalue weighted by atomic mass is 35.5. The highest BCUT2D eigenvalue weighted by Crippen LogP contribution is 2.21. The summed E-state index contributed by atoms with van der Waals surface area (Å²) >= 11 is 6.05. The van der Waals surface area contributed by atoms with Crippen molar-refractivity contribution in [2.45, 2.75) is 31.9 Å². The van der Waals surface area contributed by atoms with Gasteiger partial charge in [0.15, 0.2) is 0 Å². The fourth-order valence-corrected chi connectivity index (χ4v) is 3.40. The van der Waals surface area contributed by atoms with E-state index in [0.29, 0.717) is 0 Å². The van der Waals surface area contributed by atoms with Gasteiger partial charge in [-0.25, -0.2) is 4.79 Å². The van der Waals surface area contributed by atoms with Crippen molar-refractivity contribution >= 4 is 23.3 Å². The third-order valence-corrected chi connectivity index (χ3v) is 4.85. The molecule has 2 amide bonds. The molecular weight excluding hydrogens is 314 g/mol. The van der Waals surface area contributed by atoms with Crippen LogP contribution >= 0.6 is 11.6 Å². The molecule has 23 heavy (non-hydrogen) atoms. The lowest BCUT2D eigenvalue weighted by Crippen LogP contribution is -2.54. The van der Waals surface area contributed by atoms with Crippen LogP contribution in [0.4, 0.5) is 10.5 Å². The van der Waals surface area contributed by atoms with Crippen molar-refractivity contribution in [3.63, 3.8) is 0 Å². The van der Waals surface area contributed by atoms with Crippen LogP contribution in [0.5, 0.6) is 0 Å².